The molecule has 0 aromatic heterocycles. The molecule has 3 heteroatoms. The fraction of sp³-hybridized carbons (Fsp3) is 1.00. The van der Waals surface area contributed by atoms with Crippen molar-refractivity contribution in [2.24, 2.45) is 5.92 Å². The van der Waals surface area contributed by atoms with Gasteiger partial charge >= 0.3 is 0 Å². The first kappa shape index (κ1) is 11.1. The van der Waals surface area contributed by atoms with E-state index in [0.29, 0.717) is 5.92 Å². The summed E-state index contributed by atoms with van der Waals surface area (Å²) in [4.78, 5) is 0. The Morgan fingerprint density at radius 2 is 2.09 bits per heavy atom. The largest absolute Gasteiger partial charge is 0.420 e. The van der Waals surface area contributed by atoms with Crippen molar-refractivity contribution in [1.29, 1.82) is 0 Å². The minimum absolute atomic E-state index is 0.657. The van der Waals surface area contributed by atoms with Gasteiger partial charge in [-0.2, -0.15) is 0 Å². The van der Waals surface area contributed by atoms with Crippen LogP contribution < -0.4 is 5.32 Å². The molecule has 0 radical (unpaired) electrons. The zero-order valence-electron chi connectivity index (χ0n) is 8.18. The van der Waals surface area contributed by atoms with Crippen LogP contribution in [0.15, 0.2) is 0 Å². The van der Waals surface area contributed by atoms with Crippen molar-refractivity contribution in [1.82, 2.24) is 5.32 Å². The van der Waals surface area contributed by atoms with E-state index in [1.54, 1.807) is 0 Å². The van der Waals surface area contributed by atoms with Gasteiger partial charge in [0.15, 0.2) is 9.04 Å². The Morgan fingerprint density at radius 1 is 1.45 bits per heavy atom. The minimum atomic E-state index is -0.788. The van der Waals surface area contributed by atoms with E-state index in [9.17, 15) is 0 Å². The molecule has 0 aliphatic rings. The molecule has 2 nitrogen and oxygen atoms in total. The van der Waals surface area contributed by atoms with Crippen LogP contribution in [0.5, 0.6) is 0 Å². The fourth-order valence-electron chi connectivity index (χ4n) is 0.806. The van der Waals surface area contributed by atoms with E-state index in [2.05, 4.69) is 32.3 Å². The third-order valence-electron chi connectivity index (χ3n) is 1.46. The van der Waals surface area contributed by atoms with E-state index in [4.69, 9.17) is 4.43 Å². The number of hydrogen-bond acceptors (Lipinski definition) is 2. The summed E-state index contributed by atoms with van der Waals surface area (Å²) in [7, 11) is -0.788. The lowest BCUT2D eigenvalue weighted by atomic mass is 10.2. The molecule has 0 aliphatic carbocycles. The van der Waals surface area contributed by atoms with Gasteiger partial charge in [-0.3, -0.25) is 0 Å². The van der Waals surface area contributed by atoms with Crippen LogP contribution in [-0.4, -0.2) is 28.7 Å². The second-order valence-electron chi connectivity index (χ2n) is 3.29. The smallest absolute Gasteiger partial charge is 0.170 e. The lowest BCUT2D eigenvalue weighted by molar-refractivity contribution is 0.261. The Morgan fingerprint density at radius 3 is 2.55 bits per heavy atom. The Bertz CT molecular complexity index is 88.2. The lowest BCUT2D eigenvalue weighted by Gasteiger charge is -2.13. The maximum absolute atomic E-state index is 5.60. The van der Waals surface area contributed by atoms with Crippen molar-refractivity contribution < 1.29 is 4.43 Å². The predicted octanol–water partition coefficient (Wildman–Crippen LogP) is 1.23. The number of rotatable bonds is 6. The van der Waals surface area contributed by atoms with Gasteiger partial charge in [0.05, 0.1) is 0 Å². The molecule has 0 spiro atoms. The predicted molar refractivity (Wildman–Crippen MR) is 52.5 cm³/mol. The molecule has 0 aromatic carbocycles. The summed E-state index contributed by atoms with van der Waals surface area (Å²) in [6, 6.07) is 0. The highest BCUT2D eigenvalue weighted by atomic mass is 28.3. The molecule has 1 atom stereocenters. The van der Waals surface area contributed by atoms with Crippen LogP contribution in [0.4, 0.5) is 0 Å². The van der Waals surface area contributed by atoms with Crippen LogP contribution >= 0.6 is 0 Å². The van der Waals surface area contributed by atoms with Crippen molar-refractivity contribution in [2.45, 2.75) is 26.9 Å². The lowest BCUT2D eigenvalue weighted by Crippen LogP contribution is -2.25. The molecule has 68 valence electrons. The van der Waals surface area contributed by atoms with Gasteiger partial charge in [-0.25, -0.2) is 0 Å². The van der Waals surface area contributed by atoms with Gasteiger partial charge in [0.1, 0.15) is 0 Å². The zero-order valence-corrected chi connectivity index (χ0v) is 9.34. The molecule has 0 amide bonds. The van der Waals surface area contributed by atoms with Crippen molar-refractivity contribution in [3.8, 4) is 0 Å². The molecular weight excluding hydrogens is 154 g/mol. The maximum atomic E-state index is 5.60. The normalized spacial score (nSPS) is 13.9. The van der Waals surface area contributed by atoms with Crippen LogP contribution in [0.2, 0.25) is 13.1 Å². The first-order valence-corrected chi connectivity index (χ1v) is 7.27. The van der Waals surface area contributed by atoms with E-state index in [0.717, 1.165) is 19.7 Å². The molecule has 0 aliphatic heterocycles. The molecule has 0 bridgehead atoms. The first-order valence-electron chi connectivity index (χ1n) is 4.49. The summed E-state index contributed by atoms with van der Waals surface area (Å²) in [5, 5.41) is 3.31. The quantitative estimate of drug-likeness (QED) is 0.613. The first-order chi connectivity index (χ1) is 5.16. The second kappa shape index (κ2) is 6.82. The van der Waals surface area contributed by atoms with Gasteiger partial charge in [0, 0.05) is 6.61 Å². The van der Waals surface area contributed by atoms with Crippen LogP contribution in [-0.2, 0) is 4.43 Å². The van der Waals surface area contributed by atoms with Crippen molar-refractivity contribution in [3.63, 3.8) is 0 Å². The number of hydrogen-bond donors (Lipinski definition) is 1. The topological polar surface area (TPSA) is 21.3 Å². The molecule has 1 unspecified atom stereocenters. The molecule has 0 aromatic rings. The van der Waals surface area contributed by atoms with Crippen LogP contribution in [0.25, 0.3) is 0 Å². The van der Waals surface area contributed by atoms with E-state index in [1.807, 2.05) is 0 Å². The summed E-state index contributed by atoms with van der Waals surface area (Å²) in [5.41, 5.74) is 0. The van der Waals surface area contributed by atoms with E-state index < -0.39 is 9.04 Å². The van der Waals surface area contributed by atoms with Gasteiger partial charge < -0.3 is 9.74 Å². The average molecular weight is 175 g/mol. The summed E-state index contributed by atoms with van der Waals surface area (Å²) < 4.78 is 5.60. The standard InChI is InChI=1S/C8H21NOSi/c1-5-9-6-8(2)7-10-11(3)4/h8-9,11H,5-7H2,1-4H3. The van der Waals surface area contributed by atoms with Crippen molar-refractivity contribution in [3.05, 3.63) is 0 Å². The summed E-state index contributed by atoms with van der Waals surface area (Å²) in [6.07, 6.45) is 0. The van der Waals surface area contributed by atoms with Gasteiger partial charge in [-0.15, -0.1) is 0 Å². The molecule has 11 heavy (non-hydrogen) atoms. The Labute approximate surface area is 72.1 Å². The Balaban J connectivity index is 3.15. The van der Waals surface area contributed by atoms with E-state index >= 15 is 0 Å². The monoisotopic (exact) mass is 175 g/mol. The van der Waals surface area contributed by atoms with Crippen molar-refractivity contribution in [2.75, 3.05) is 19.7 Å². The van der Waals surface area contributed by atoms with E-state index in [1.165, 1.54) is 0 Å². The Kier molecular flexibility index (Phi) is 6.91. The third-order valence-corrected chi connectivity index (χ3v) is 2.32. The summed E-state index contributed by atoms with van der Waals surface area (Å²) >= 11 is 0. The van der Waals surface area contributed by atoms with Gasteiger partial charge in [0.25, 0.3) is 0 Å². The molecule has 0 heterocycles. The van der Waals surface area contributed by atoms with Gasteiger partial charge in [-0.1, -0.05) is 13.8 Å². The third kappa shape index (κ3) is 8.04. The highest BCUT2D eigenvalue weighted by Crippen LogP contribution is 1.95. The molecule has 0 rings (SSSR count). The summed E-state index contributed by atoms with van der Waals surface area (Å²) in [5.74, 6) is 0.657. The molecule has 0 saturated heterocycles. The summed E-state index contributed by atoms with van der Waals surface area (Å²) in [6.45, 7) is 11.8. The Hall–Kier alpha value is 0.137. The average Bonchev–Trinajstić information content (AvgIpc) is 1.97. The van der Waals surface area contributed by atoms with Crippen LogP contribution in [0.3, 0.4) is 0 Å². The molecule has 1 N–H and O–H groups in total. The zero-order chi connectivity index (χ0) is 8.69. The highest BCUT2D eigenvalue weighted by molar-refractivity contribution is 6.48. The van der Waals surface area contributed by atoms with Crippen LogP contribution in [0.1, 0.15) is 13.8 Å². The highest BCUT2D eigenvalue weighted by Gasteiger charge is 2.02. The molecular formula is C8H21NOSi. The minimum Gasteiger partial charge on any atom is -0.420 e. The SMILES string of the molecule is CCNCC(C)CO[SiH](C)C. The second-order valence-corrected chi connectivity index (χ2v) is 5.73. The van der Waals surface area contributed by atoms with Crippen LogP contribution in [0, 0.1) is 5.92 Å². The maximum Gasteiger partial charge on any atom is 0.170 e. The van der Waals surface area contributed by atoms with E-state index in [-0.39, 0.29) is 0 Å². The van der Waals surface area contributed by atoms with Gasteiger partial charge in [-0.05, 0) is 32.1 Å². The molecule has 0 saturated carbocycles. The molecule has 0 fully saturated rings. The van der Waals surface area contributed by atoms with Gasteiger partial charge in [0.2, 0.25) is 0 Å². The number of nitrogens with one attached hydrogen (secondary N) is 1. The van der Waals surface area contributed by atoms with Crippen molar-refractivity contribution >= 4 is 9.04 Å². The fourth-order valence-corrected chi connectivity index (χ4v) is 1.52.